The van der Waals surface area contributed by atoms with E-state index in [4.69, 9.17) is 9.97 Å². The maximum Gasteiger partial charge on any atom is 0.124 e. The summed E-state index contributed by atoms with van der Waals surface area (Å²) < 4.78 is 2.53. The van der Waals surface area contributed by atoms with Crippen LogP contribution < -0.4 is 10.4 Å². The van der Waals surface area contributed by atoms with Crippen molar-refractivity contribution >= 4 is 61.6 Å². The topological polar surface area (TPSA) is 25.8 Å². The number of rotatable bonds is 4. The van der Waals surface area contributed by atoms with Gasteiger partial charge in [-0.25, -0.2) is 9.97 Å². The van der Waals surface area contributed by atoms with E-state index >= 15 is 0 Å². The molecule has 2 aromatic heterocycles. The van der Waals surface area contributed by atoms with E-state index in [1.807, 2.05) is 0 Å². The van der Waals surface area contributed by atoms with Crippen LogP contribution in [0.4, 0.5) is 0 Å². The van der Waals surface area contributed by atoms with Crippen LogP contribution in [0.25, 0.3) is 75.0 Å². The number of benzene rings is 6. The van der Waals surface area contributed by atoms with E-state index in [0.29, 0.717) is 0 Å². The standard InChI is InChI=1S/C40H28N2S2Si/c1-45(2)37-23-35-33(41-39(43-35)29-17-9-15-27(19-29)25-11-5-3-6-12-25)21-31(37)32-22-34-36(24-38(32)45)44-40(42-34)30-18-10-16-28(20-30)26-13-7-4-8-14-26/h3-24H,1-2H3. The largest absolute Gasteiger partial charge is 0.236 e. The number of aromatic nitrogens is 2. The first-order valence-electron chi connectivity index (χ1n) is 15.2. The molecule has 8 aromatic rings. The second kappa shape index (κ2) is 10.2. The molecule has 45 heavy (non-hydrogen) atoms. The molecule has 0 amide bonds. The van der Waals surface area contributed by atoms with Gasteiger partial charge in [0, 0.05) is 11.1 Å². The minimum Gasteiger partial charge on any atom is -0.236 e. The van der Waals surface area contributed by atoms with Crippen molar-refractivity contribution in [1.29, 1.82) is 0 Å². The van der Waals surface area contributed by atoms with Crippen molar-refractivity contribution in [1.82, 2.24) is 9.97 Å². The molecule has 0 saturated heterocycles. The summed E-state index contributed by atoms with van der Waals surface area (Å²) in [5.74, 6) is 0. The molecule has 0 spiro atoms. The van der Waals surface area contributed by atoms with E-state index in [-0.39, 0.29) is 0 Å². The fourth-order valence-electron chi connectivity index (χ4n) is 6.74. The highest BCUT2D eigenvalue weighted by atomic mass is 32.1. The fraction of sp³-hybridized carbons (Fsp3) is 0.0500. The van der Waals surface area contributed by atoms with Crippen LogP contribution in [-0.4, -0.2) is 18.0 Å². The molecule has 0 unspecified atom stereocenters. The first-order valence-corrected chi connectivity index (χ1v) is 19.9. The monoisotopic (exact) mass is 628 g/mol. The second-order valence-corrected chi connectivity index (χ2v) is 18.7. The third-order valence-corrected chi connectivity index (χ3v) is 14.8. The lowest BCUT2D eigenvalue weighted by Gasteiger charge is -2.18. The highest BCUT2D eigenvalue weighted by molar-refractivity contribution is 7.22. The number of fused-ring (bicyclic) bond motifs is 5. The minimum absolute atomic E-state index is 1.07. The normalized spacial score (nSPS) is 13.3. The lowest BCUT2D eigenvalue weighted by molar-refractivity contribution is 1.47. The van der Waals surface area contributed by atoms with Crippen LogP contribution in [0.3, 0.4) is 0 Å². The molecule has 1 aliphatic heterocycles. The molecule has 3 heterocycles. The van der Waals surface area contributed by atoms with Crippen LogP contribution in [-0.2, 0) is 0 Å². The van der Waals surface area contributed by atoms with Crippen LogP contribution in [0.1, 0.15) is 0 Å². The second-order valence-electron chi connectivity index (χ2n) is 12.3. The van der Waals surface area contributed by atoms with Crippen LogP contribution >= 0.6 is 22.7 Å². The highest BCUT2D eigenvalue weighted by Gasteiger charge is 2.38. The molecular formula is C40H28N2S2Si. The molecule has 0 bridgehead atoms. The van der Waals surface area contributed by atoms with Crippen molar-refractivity contribution in [2.45, 2.75) is 13.1 Å². The van der Waals surface area contributed by atoms with Gasteiger partial charge in [-0.3, -0.25) is 0 Å². The first-order chi connectivity index (χ1) is 22.0. The summed E-state index contributed by atoms with van der Waals surface area (Å²) in [5.41, 5.74) is 12.1. The summed E-state index contributed by atoms with van der Waals surface area (Å²) in [6, 6.07) is 48.2. The van der Waals surface area contributed by atoms with Crippen LogP contribution in [0.5, 0.6) is 0 Å². The third-order valence-electron chi connectivity index (χ3n) is 9.13. The van der Waals surface area contributed by atoms with E-state index < -0.39 is 8.07 Å². The Labute approximate surface area is 271 Å². The number of hydrogen-bond acceptors (Lipinski definition) is 4. The molecule has 0 fully saturated rings. The van der Waals surface area contributed by atoms with Gasteiger partial charge >= 0.3 is 0 Å². The summed E-state index contributed by atoms with van der Waals surface area (Å²) in [6.07, 6.45) is 0. The van der Waals surface area contributed by atoms with Gasteiger partial charge in [-0.2, -0.15) is 0 Å². The molecule has 214 valence electrons. The zero-order chi connectivity index (χ0) is 30.1. The van der Waals surface area contributed by atoms with Crippen LogP contribution in [0.2, 0.25) is 13.1 Å². The van der Waals surface area contributed by atoms with E-state index in [1.165, 1.54) is 64.3 Å². The summed E-state index contributed by atoms with van der Waals surface area (Å²) in [7, 11) is -1.90. The van der Waals surface area contributed by atoms with Crippen molar-refractivity contribution in [3.63, 3.8) is 0 Å². The molecule has 1 aliphatic rings. The van der Waals surface area contributed by atoms with E-state index in [0.717, 1.165) is 21.0 Å². The van der Waals surface area contributed by atoms with Crippen molar-refractivity contribution in [3.05, 3.63) is 133 Å². The van der Waals surface area contributed by atoms with Crippen LogP contribution in [0, 0.1) is 0 Å². The molecule has 0 radical (unpaired) electrons. The molecule has 9 rings (SSSR count). The molecule has 0 aliphatic carbocycles. The molecular weight excluding hydrogens is 601 g/mol. The van der Waals surface area contributed by atoms with Gasteiger partial charge in [0.1, 0.15) is 18.1 Å². The number of hydrogen-bond donors (Lipinski definition) is 0. The average molecular weight is 629 g/mol. The van der Waals surface area contributed by atoms with Gasteiger partial charge in [-0.05, 0) is 80.2 Å². The fourth-order valence-corrected chi connectivity index (χ4v) is 12.0. The van der Waals surface area contributed by atoms with Gasteiger partial charge in [0.2, 0.25) is 0 Å². The Hall–Kier alpha value is -4.68. The average Bonchev–Trinajstić information content (AvgIpc) is 3.77. The Morgan fingerprint density at radius 3 is 1.27 bits per heavy atom. The number of thiazole rings is 2. The van der Waals surface area contributed by atoms with Crippen molar-refractivity contribution < 1.29 is 0 Å². The van der Waals surface area contributed by atoms with E-state index in [1.54, 1.807) is 22.7 Å². The number of nitrogens with zero attached hydrogens (tertiary/aromatic N) is 2. The summed E-state index contributed by atoms with van der Waals surface area (Å²) in [6.45, 7) is 4.98. The molecule has 0 atom stereocenters. The van der Waals surface area contributed by atoms with E-state index in [9.17, 15) is 0 Å². The Morgan fingerprint density at radius 2 is 0.822 bits per heavy atom. The highest BCUT2D eigenvalue weighted by Crippen LogP contribution is 2.40. The van der Waals surface area contributed by atoms with Gasteiger partial charge in [-0.1, -0.05) is 110 Å². The predicted molar refractivity (Wildman–Crippen MR) is 197 cm³/mol. The zero-order valence-corrected chi connectivity index (χ0v) is 27.5. The third kappa shape index (κ3) is 4.42. The summed E-state index contributed by atoms with van der Waals surface area (Å²) in [4.78, 5) is 10.4. The lowest BCUT2D eigenvalue weighted by Crippen LogP contribution is -2.49. The van der Waals surface area contributed by atoms with Gasteiger partial charge < -0.3 is 0 Å². The Kier molecular flexibility index (Phi) is 6.04. The van der Waals surface area contributed by atoms with Gasteiger partial charge in [0.15, 0.2) is 0 Å². The Balaban J connectivity index is 1.12. The molecule has 2 nitrogen and oxygen atoms in total. The van der Waals surface area contributed by atoms with Crippen molar-refractivity contribution in [3.8, 4) is 54.5 Å². The quantitative estimate of drug-likeness (QED) is 0.181. The van der Waals surface area contributed by atoms with Gasteiger partial charge in [-0.15, -0.1) is 22.7 Å². The molecule has 0 saturated carbocycles. The molecule has 5 heteroatoms. The van der Waals surface area contributed by atoms with Gasteiger partial charge in [0.05, 0.1) is 20.4 Å². The van der Waals surface area contributed by atoms with Crippen molar-refractivity contribution in [2.75, 3.05) is 0 Å². The summed E-state index contributed by atoms with van der Waals surface area (Å²) >= 11 is 3.61. The van der Waals surface area contributed by atoms with Crippen molar-refractivity contribution in [2.24, 2.45) is 0 Å². The van der Waals surface area contributed by atoms with Crippen LogP contribution in [0.15, 0.2) is 133 Å². The van der Waals surface area contributed by atoms with Gasteiger partial charge in [0.25, 0.3) is 0 Å². The smallest absolute Gasteiger partial charge is 0.124 e. The maximum atomic E-state index is 5.18. The zero-order valence-electron chi connectivity index (χ0n) is 24.9. The Morgan fingerprint density at radius 1 is 0.422 bits per heavy atom. The maximum absolute atomic E-state index is 5.18. The predicted octanol–water partition coefficient (Wildman–Crippen LogP) is 10.4. The molecule has 0 N–H and O–H groups in total. The minimum atomic E-state index is -1.90. The lowest BCUT2D eigenvalue weighted by atomic mass is 10.0. The SMILES string of the molecule is C[Si]1(C)c2cc3sc(-c4cccc(-c5ccccc5)c4)nc3cc2-c2cc3nc(-c4cccc(-c5ccccc5)c4)sc3cc21. The Bertz CT molecular complexity index is 2240. The summed E-state index contributed by atoms with van der Waals surface area (Å²) in [5, 5.41) is 5.16. The molecule has 6 aromatic carbocycles. The van der Waals surface area contributed by atoms with E-state index in [2.05, 4.69) is 147 Å². The first kappa shape index (κ1) is 26.7.